The van der Waals surface area contributed by atoms with Gasteiger partial charge in [0.15, 0.2) is 0 Å². The van der Waals surface area contributed by atoms with E-state index in [1.807, 2.05) is 0 Å². The van der Waals surface area contributed by atoms with E-state index in [2.05, 4.69) is 0 Å². The van der Waals surface area contributed by atoms with Gasteiger partial charge in [-0.05, 0) is 25.7 Å². The molecule has 0 amide bonds. The quantitative estimate of drug-likeness (QED) is 0.170. The van der Waals surface area contributed by atoms with Crippen molar-refractivity contribution in [2.75, 3.05) is 24.6 Å². The molecular formula is C8H24O12P4. The molecule has 12 nitrogen and oxygen atoms in total. The lowest BCUT2D eigenvalue weighted by Crippen LogP contribution is -1.92. The van der Waals surface area contributed by atoms with Crippen LogP contribution in [0.4, 0.5) is 0 Å². The molecule has 0 fully saturated rings. The summed E-state index contributed by atoms with van der Waals surface area (Å²) in [5, 5.41) is 0. The molecule has 0 spiro atoms. The van der Waals surface area contributed by atoms with Gasteiger partial charge >= 0.3 is 30.4 Å². The van der Waals surface area contributed by atoms with Gasteiger partial charge in [-0.2, -0.15) is 0 Å². The summed E-state index contributed by atoms with van der Waals surface area (Å²) >= 11 is 0. The van der Waals surface area contributed by atoms with Gasteiger partial charge in [0.05, 0.1) is 0 Å². The van der Waals surface area contributed by atoms with Crippen molar-refractivity contribution in [2.45, 2.75) is 25.7 Å². The van der Waals surface area contributed by atoms with Crippen molar-refractivity contribution in [1.82, 2.24) is 0 Å². The zero-order valence-corrected chi connectivity index (χ0v) is 16.2. The van der Waals surface area contributed by atoms with E-state index in [0.29, 0.717) is 0 Å². The fourth-order valence-electron chi connectivity index (χ4n) is 1.27. The van der Waals surface area contributed by atoms with Crippen molar-refractivity contribution in [3.8, 4) is 0 Å². The van der Waals surface area contributed by atoms with Crippen LogP contribution in [-0.2, 0) is 18.3 Å². The lowest BCUT2D eigenvalue weighted by Gasteiger charge is -2.04. The molecule has 0 unspecified atom stereocenters. The van der Waals surface area contributed by atoms with Crippen LogP contribution in [0.1, 0.15) is 25.7 Å². The van der Waals surface area contributed by atoms with Gasteiger partial charge in [0.1, 0.15) is 0 Å². The highest BCUT2D eigenvalue weighted by Gasteiger charge is 2.16. The summed E-state index contributed by atoms with van der Waals surface area (Å²) in [6.45, 7) is 0. The Kier molecular flexibility index (Phi) is 12.7. The van der Waals surface area contributed by atoms with E-state index in [-0.39, 0.29) is 50.3 Å². The van der Waals surface area contributed by atoms with E-state index in [1.54, 1.807) is 0 Å². The summed E-state index contributed by atoms with van der Waals surface area (Å²) in [4.78, 5) is 66.9. The monoisotopic (exact) mass is 436 g/mol. The molecule has 24 heavy (non-hydrogen) atoms. The smallest absolute Gasteiger partial charge is 0.324 e. The molecule has 0 aromatic carbocycles. The molecule has 8 N–H and O–H groups in total. The van der Waals surface area contributed by atoms with Crippen molar-refractivity contribution in [3.63, 3.8) is 0 Å². The average molecular weight is 436 g/mol. The van der Waals surface area contributed by atoms with Gasteiger partial charge in [-0.15, -0.1) is 0 Å². The summed E-state index contributed by atoms with van der Waals surface area (Å²) in [7, 11) is -16.0. The molecular weight excluding hydrogens is 412 g/mol. The van der Waals surface area contributed by atoms with Crippen LogP contribution in [0.3, 0.4) is 0 Å². The molecule has 0 heterocycles. The summed E-state index contributed by atoms with van der Waals surface area (Å²) in [5.41, 5.74) is 0. The first-order valence-electron chi connectivity index (χ1n) is 6.60. The summed E-state index contributed by atoms with van der Waals surface area (Å²) in [6, 6.07) is 0. The Morgan fingerprint density at radius 3 is 0.583 bits per heavy atom. The molecule has 0 aliphatic carbocycles. The van der Waals surface area contributed by atoms with Crippen LogP contribution in [0.2, 0.25) is 0 Å². The van der Waals surface area contributed by atoms with E-state index in [9.17, 15) is 18.3 Å². The average Bonchev–Trinajstić information content (AvgIpc) is 2.27. The van der Waals surface area contributed by atoms with Crippen molar-refractivity contribution < 1.29 is 57.4 Å². The molecule has 0 aliphatic rings. The van der Waals surface area contributed by atoms with Crippen LogP contribution in [0.15, 0.2) is 0 Å². The predicted molar refractivity (Wildman–Crippen MR) is 86.1 cm³/mol. The van der Waals surface area contributed by atoms with Gasteiger partial charge in [-0.3, -0.25) is 18.3 Å². The maximum Gasteiger partial charge on any atom is 0.325 e. The van der Waals surface area contributed by atoms with Gasteiger partial charge in [-0.1, -0.05) is 0 Å². The molecule has 148 valence electrons. The standard InChI is InChI=1S/2C4H12O6P2/c2*5-11(6,7)3-1-2-4-12(8,9)10/h2*1-4H2,(H2,5,6,7)(H2,8,9,10). The predicted octanol–water partition coefficient (Wildman–Crippen LogP) is 0.244. The largest absolute Gasteiger partial charge is 0.325 e. The Morgan fingerprint density at radius 1 is 0.375 bits per heavy atom. The second-order valence-electron chi connectivity index (χ2n) is 4.97. The van der Waals surface area contributed by atoms with E-state index >= 15 is 0 Å². The van der Waals surface area contributed by atoms with Crippen LogP contribution in [0, 0.1) is 0 Å². The Labute approximate surface area is 139 Å². The maximum absolute atomic E-state index is 10.3. The third-order valence-electron chi connectivity index (χ3n) is 2.30. The second-order valence-corrected chi connectivity index (χ2v) is 12.1. The SMILES string of the molecule is O=P(O)(O)CCCCP(=O)(O)O.O=P(O)(O)CCCCP(=O)(O)O. The lowest BCUT2D eigenvalue weighted by molar-refractivity contribution is 0.364. The summed E-state index contributed by atoms with van der Waals surface area (Å²) in [5.74, 6) is 0. The van der Waals surface area contributed by atoms with Crippen molar-refractivity contribution in [1.29, 1.82) is 0 Å². The number of hydrogen-bond donors (Lipinski definition) is 8. The molecule has 0 radical (unpaired) electrons. The number of unbranched alkanes of at least 4 members (excludes halogenated alkanes) is 2. The van der Waals surface area contributed by atoms with Crippen LogP contribution in [0.25, 0.3) is 0 Å². The minimum Gasteiger partial charge on any atom is -0.324 e. The van der Waals surface area contributed by atoms with Gasteiger partial charge in [0.2, 0.25) is 0 Å². The minimum absolute atomic E-state index is 0.134. The van der Waals surface area contributed by atoms with Gasteiger partial charge < -0.3 is 39.1 Å². The highest BCUT2D eigenvalue weighted by molar-refractivity contribution is 7.52. The van der Waals surface area contributed by atoms with Gasteiger partial charge in [0.25, 0.3) is 0 Å². The first-order valence-corrected chi connectivity index (χ1v) is 13.8. The highest BCUT2D eigenvalue weighted by atomic mass is 31.2. The minimum atomic E-state index is -4.00. The molecule has 0 aromatic heterocycles. The van der Waals surface area contributed by atoms with Crippen molar-refractivity contribution in [2.24, 2.45) is 0 Å². The zero-order valence-electron chi connectivity index (χ0n) is 12.7. The lowest BCUT2D eigenvalue weighted by atomic mass is 10.4. The molecule has 0 bridgehead atoms. The Morgan fingerprint density at radius 2 is 0.500 bits per heavy atom. The third-order valence-corrected chi connectivity index (χ3v) is 5.89. The molecule has 0 saturated heterocycles. The topological polar surface area (TPSA) is 230 Å². The normalized spacial score (nSPS) is 13.3. The summed E-state index contributed by atoms with van der Waals surface area (Å²) < 4.78 is 41.0. The second kappa shape index (κ2) is 11.3. The molecule has 16 heteroatoms. The highest BCUT2D eigenvalue weighted by Crippen LogP contribution is 2.39. The van der Waals surface area contributed by atoms with E-state index in [0.717, 1.165) is 0 Å². The molecule has 0 atom stereocenters. The van der Waals surface area contributed by atoms with Gasteiger partial charge in [-0.25, -0.2) is 0 Å². The van der Waals surface area contributed by atoms with Gasteiger partial charge in [0, 0.05) is 24.6 Å². The number of hydrogen-bond acceptors (Lipinski definition) is 4. The molecule has 0 aromatic rings. The Balaban J connectivity index is 0. The molecule has 0 rings (SSSR count). The first-order chi connectivity index (χ1) is 10.4. The maximum atomic E-state index is 10.3. The summed E-state index contributed by atoms with van der Waals surface area (Å²) in [6.07, 6.45) is -0.713. The first kappa shape index (κ1) is 26.8. The van der Waals surface area contributed by atoms with E-state index in [1.165, 1.54) is 0 Å². The van der Waals surface area contributed by atoms with E-state index in [4.69, 9.17) is 39.1 Å². The molecule has 0 aliphatic heterocycles. The van der Waals surface area contributed by atoms with Crippen LogP contribution in [-0.4, -0.2) is 63.8 Å². The van der Waals surface area contributed by atoms with Crippen LogP contribution in [0.5, 0.6) is 0 Å². The van der Waals surface area contributed by atoms with Crippen LogP contribution < -0.4 is 0 Å². The van der Waals surface area contributed by atoms with Crippen molar-refractivity contribution in [3.05, 3.63) is 0 Å². The Bertz CT molecular complexity index is 427. The third kappa shape index (κ3) is 30.5. The fraction of sp³-hybridized carbons (Fsp3) is 1.00. The van der Waals surface area contributed by atoms with E-state index < -0.39 is 30.4 Å². The zero-order chi connectivity index (χ0) is 19.7. The number of rotatable bonds is 10. The molecule has 0 saturated carbocycles. The van der Waals surface area contributed by atoms with Crippen LogP contribution >= 0.6 is 30.4 Å². The Hall–Kier alpha value is 0.600. The van der Waals surface area contributed by atoms with Crippen molar-refractivity contribution >= 4 is 30.4 Å². The fourth-order valence-corrected chi connectivity index (χ4v) is 3.81.